The minimum atomic E-state index is -0.464. The predicted octanol–water partition coefficient (Wildman–Crippen LogP) is 1.41. The Morgan fingerprint density at radius 2 is 2.31 bits per heavy atom. The third-order valence-electron chi connectivity index (χ3n) is 1.64. The van der Waals surface area contributed by atoms with Gasteiger partial charge in [-0.15, -0.1) is 0 Å². The number of anilines is 1. The number of hydrogen-bond acceptors (Lipinski definition) is 4. The topological polar surface area (TPSA) is 65.2 Å². The lowest BCUT2D eigenvalue weighted by molar-refractivity contribution is 0.0600. The fourth-order valence-corrected chi connectivity index (χ4v) is 1.12. The fraction of sp³-hybridized carbons (Fsp3) is 0.250. The van der Waals surface area contributed by atoms with Crippen LogP contribution >= 0.6 is 11.6 Å². The number of aromatic nitrogens is 1. The Hall–Kier alpha value is -1.29. The van der Waals surface area contributed by atoms with E-state index < -0.39 is 5.97 Å². The summed E-state index contributed by atoms with van der Waals surface area (Å²) in [5, 5.41) is 0.223. The highest BCUT2D eigenvalue weighted by Gasteiger charge is 2.13. The van der Waals surface area contributed by atoms with Gasteiger partial charge >= 0.3 is 5.97 Å². The molecular formula is C8H9ClN2O2. The first kappa shape index (κ1) is 9.80. The zero-order chi connectivity index (χ0) is 10.0. The lowest BCUT2D eigenvalue weighted by Crippen LogP contribution is -2.06. The number of hydrogen-bond donors (Lipinski definition) is 1. The van der Waals surface area contributed by atoms with Gasteiger partial charge in [-0.1, -0.05) is 11.6 Å². The summed E-state index contributed by atoms with van der Waals surface area (Å²) >= 11 is 5.72. The molecule has 2 N–H and O–H groups in total. The Morgan fingerprint density at radius 1 is 1.69 bits per heavy atom. The highest BCUT2D eigenvalue weighted by molar-refractivity contribution is 6.30. The molecule has 0 amide bonds. The molecule has 0 aliphatic carbocycles. The largest absolute Gasteiger partial charge is 0.465 e. The third kappa shape index (κ3) is 1.89. The quantitative estimate of drug-likeness (QED) is 0.550. The van der Waals surface area contributed by atoms with Crippen molar-refractivity contribution in [3.8, 4) is 0 Å². The number of carbonyl (C=O) groups excluding carboxylic acids is 1. The maximum atomic E-state index is 11.2. The minimum Gasteiger partial charge on any atom is -0.465 e. The first-order valence-corrected chi connectivity index (χ1v) is 3.95. The van der Waals surface area contributed by atoms with Crippen LogP contribution in [0.3, 0.4) is 0 Å². The van der Waals surface area contributed by atoms with E-state index in [1.54, 1.807) is 6.92 Å². The summed E-state index contributed by atoms with van der Waals surface area (Å²) < 4.78 is 4.55. The van der Waals surface area contributed by atoms with Crippen molar-refractivity contribution in [3.63, 3.8) is 0 Å². The van der Waals surface area contributed by atoms with E-state index in [1.165, 1.54) is 13.2 Å². The lowest BCUT2D eigenvalue weighted by Gasteiger charge is -2.05. The second-order valence-corrected chi connectivity index (χ2v) is 2.86. The number of carbonyl (C=O) groups is 1. The first-order valence-electron chi connectivity index (χ1n) is 3.57. The molecule has 0 spiro atoms. The number of methoxy groups -OCH3 is 1. The molecule has 0 atom stereocenters. The van der Waals surface area contributed by atoms with Crippen molar-refractivity contribution in [2.24, 2.45) is 0 Å². The number of esters is 1. The maximum Gasteiger partial charge on any atom is 0.338 e. The van der Waals surface area contributed by atoms with Crippen molar-refractivity contribution >= 4 is 23.4 Å². The smallest absolute Gasteiger partial charge is 0.338 e. The van der Waals surface area contributed by atoms with Gasteiger partial charge in [0.25, 0.3) is 0 Å². The van der Waals surface area contributed by atoms with Crippen LogP contribution in [0.25, 0.3) is 0 Å². The van der Waals surface area contributed by atoms with E-state index in [1.807, 2.05) is 0 Å². The molecule has 1 rings (SSSR count). The van der Waals surface area contributed by atoms with Gasteiger partial charge in [-0.05, 0) is 13.0 Å². The van der Waals surface area contributed by atoms with Crippen LogP contribution in [-0.4, -0.2) is 18.1 Å². The Bertz CT molecular complexity index is 352. The van der Waals surface area contributed by atoms with E-state index in [4.69, 9.17) is 17.3 Å². The van der Waals surface area contributed by atoms with Crippen LogP contribution in [0, 0.1) is 6.92 Å². The van der Waals surface area contributed by atoms with Gasteiger partial charge in [0.05, 0.1) is 12.7 Å². The van der Waals surface area contributed by atoms with Crippen molar-refractivity contribution < 1.29 is 9.53 Å². The van der Waals surface area contributed by atoms with Crippen molar-refractivity contribution in [1.29, 1.82) is 0 Å². The van der Waals surface area contributed by atoms with Gasteiger partial charge < -0.3 is 10.5 Å². The Balaban J connectivity index is 3.28. The minimum absolute atomic E-state index is 0.205. The molecule has 0 aliphatic rings. The Morgan fingerprint density at radius 3 is 2.85 bits per heavy atom. The summed E-state index contributed by atoms with van der Waals surface area (Å²) in [5.74, 6) is -0.260. The second-order valence-electron chi connectivity index (χ2n) is 2.50. The molecule has 1 aromatic heterocycles. The molecule has 0 bridgehead atoms. The van der Waals surface area contributed by atoms with Gasteiger partial charge in [-0.3, -0.25) is 0 Å². The summed E-state index contributed by atoms with van der Waals surface area (Å²) in [5.41, 5.74) is 6.34. The number of nitrogens with zero attached hydrogens (tertiary/aromatic N) is 1. The van der Waals surface area contributed by atoms with Gasteiger partial charge in [-0.25, -0.2) is 9.78 Å². The predicted molar refractivity (Wildman–Crippen MR) is 49.7 cm³/mol. The maximum absolute atomic E-state index is 11.2. The van der Waals surface area contributed by atoms with Gasteiger partial charge in [0.15, 0.2) is 0 Å². The number of rotatable bonds is 1. The molecule has 0 fully saturated rings. The summed E-state index contributed by atoms with van der Waals surface area (Å²) in [6.07, 6.45) is 0. The highest BCUT2D eigenvalue weighted by Crippen LogP contribution is 2.19. The van der Waals surface area contributed by atoms with Crippen LogP contribution in [0.2, 0.25) is 5.15 Å². The molecule has 0 saturated carbocycles. The van der Waals surface area contributed by atoms with Gasteiger partial charge in [-0.2, -0.15) is 0 Å². The van der Waals surface area contributed by atoms with Crippen LogP contribution in [-0.2, 0) is 4.74 Å². The zero-order valence-electron chi connectivity index (χ0n) is 7.30. The molecule has 0 aromatic carbocycles. The summed E-state index contributed by atoms with van der Waals surface area (Å²) in [7, 11) is 1.30. The van der Waals surface area contributed by atoms with E-state index in [-0.39, 0.29) is 11.0 Å². The van der Waals surface area contributed by atoms with Gasteiger partial charge in [0.2, 0.25) is 0 Å². The van der Waals surface area contributed by atoms with Crippen LogP contribution < -0.4 is 5.73 Å². The van der Waals surface area contributed by atoms with E-state index in [9.17, 15) is 4.79 Å². The molecule has 0 aliphatic heterocycles. The number of pyridine rings is 1. The molecule has 0 saturated heterocycles. The van der Waals surface area contributed by atoms with Crippen molar-refractivity contribution in [1.82, 2.24) is 4.98 Å². The molecule has 1 heterocycles. The third-order valence-corrected chi connectivity index (χ3v) is 2.01. The lowest BCUT2D eigenvalue weighted by atomic mass is 10.1. The normalized spacial score (nSPS) is 9.77. The second kappa shape index (κ2) is 3.62. The van der Waals surface area contributed by atoms with Gasteiger partial charge in [0, 0.05) is 5.56 Å². The van der Waals surface area contributed by atoms with E-state index in [0.29, 0.717) is 11.1 Å². The molecule has 0 unspecified atom stereocenters. The average molecular weight is 201 g/mol. The highest BCUT2D eigenvalue weighted by atomic mass is 35.5. The molecule has 13 heavy (non-hydrogen) atoms. The van der Waals surface area contributed by atoms with E-state index in [0.717, 1.165) is 0 Å². The average Bonchev–Trinajstić information content (AvgIpc) is 2.10. The van der Waals surface area contributed by atoms with Crippen LogP contribution in [0.5, 0.6) is 0 Å². The molecule has 4 nitrogen and oxygen atoms in total. The van der Waals surface area contributed by atoms with Crippen LogP contribution in [0.1, 0.15) is 15.9 Å². The first-order chi connectivity index (χ1) is 6.06. The number of ether oxygens (including phenoxy) is 1. The van der Waals surface area contributed by atoms with Crippen molar-refractivity contribution in [2.75, 3.05) is 12.8 Å². The van der Waals surface area contributed by atoms with Crippen LogP contribution in [0.4, 0.5) is 5.82 Å². The monoisotopic (exact) mass is 200 g/mol. The molecule has 1 aromatic rings. The van der Waals surface area contributed by atoms with Gasteiger partial charge in [0.1, 0.15) is 11.0 Å². The van der Waals surface area contributed by atoms with Crippen molar-refractivity contribution in [2.45, 2.75) is 6.92 Å². The molecule has 0 radical (unpaired) electrons. The summed E-state index contributed by atoms with van der Waals surface area (Å²) in [4.78, 5) is 15.0. The molecular weight excluding hydrogens is 192 g/mol. The number of nitrogen functional groups attached to an aromatic ring is 1. The van der Waals surface area contributed by atoms with E-state index >= 15 is 0 Å². The fourth-order valence-electron chi connectivity index (χ4n) is 0.919. The Kier molecular flexibility index (Phi) is 2.72. The summed E-state index contributed by atoms with van der Waals surface area (Å²) in [6.45, 7) is 1.68. The number of nitrogens with two attached hydrogens (primary N) is 1. The zero-order valence-corrected chi connectivity index (χ0v) is 8.05. The molecule has 5 heteroatoms. The van der Waals surface area contributed by atoms with Crippen LogP contribution in [0.15, 0.2) is 6.07 Å². The SMILES string of the molecule is COC(=O)c1cc(N)nc(Cl)c1C. The Labute approximate surface area is 80.7 Å². The molecule has 70 valence electrons. The van der Waals surface area contributed by atoms with E-state index in [2.05, 4.69) is 9.72 Å². The standard InChI is InChI=1S/C8H9ClN2O2/c1-4-5(8(12)13-2)3-6(10)11-7(4)9/h3H,1-2H3,(H2,10,11). The number of halogens is 1. The summed E-state index contributed by atoms with van der Waals surface area (Å²) in [6, 6.07) is 1.44. The van der Waals surface area contributed by atoms with Crippen molar-refractivity contribution in [3.05, 3.63) is 22.3 Å².